The van der Waals surface area contributed by atoms with Gasteiger partial charge in [-0.05, 0) is 40.5 Å². The number of aliphatic imine (C=N–C) groups is 1. The van der Waals surface area contributed by atoms with E-state index in [1.54, 1.807) is 0 Å². The van der Waals surface area contributed by atoms with E-state index in [0.717, 1.165) is 58.4 Å². The number of nitrogens with one attached hydrogen (secondary N) is 3. The standard InChI is InChI=1S/C20H41N5O/c1-5-21-18(22-11-12-24-19(2,3)4)23-17-20(9-7-6-8-10-20)25-13-15-26-16-14-25/h24H,5-17H2,1-4H3,(H2,21,22,23). The molecule has 6 nitrogen and oxygen atoms in total. The zero-order valence-corrected chi connectivity index (χ0v) is 17.5. The van der Waals surface area contributed by atoms with E-state index in [0.29, 0.717) is 0 Å². The highest BCUT2D eigenvalue weighted by molar-refractivity contribution is 5.79. The Morgan fingerprint density at radius 1 is 1.04 bits per heavy atom. The molecule has 1 saturated heterocycles. The van der Waals surface area contributed by atoms with Crippen LogP contribution in [0.4, 0.5) is 0 Å². The average molecular weight is 368 g/mol. The molecular weight excluding hydrogens is 326 g/mol. The Morgan fingerprint density at radius 3 is 2.35 bits per heavy atom. The number of morpholine rings is 1. The van der Waals surface area contributed by atoms with Crippen LogP contribution >= 0.6 is 0 Å². The minimum Gasteiger partial charge on any atom is -0.379 e. The topological polar surface area (TPSA) is 60.9 Å². The van der Waals surface area contributed by atoms with Crippen molar-refractivity contribution < 1.29 is 4.74 Å². The van der Waals surface area contributed by atoms with Gasteiger partial charge < -0.3 is 20.7 Å². The van der Waals surface area contributed by atoms with Gasteiger partial charge in [-0.1, -0.05) is 19.3 Å². The summed E-state index contributed by atoms with van der Waals surface area (Å²) >= 11 is 0. The predicted octanol–water partition coefficient (Wildman–Crippen LogP) is 1.96. The highest BCUT2D eigenvalue weighted by Crippen LogP contribution is 2.34. The average Bonchev–Trinajstić information content (AvgIpc) is 2.64. The summed E-state index contributed by atoms with van der Waals surface area (Å²) in [5.74, 6) is 0.946. The number of nitrogens with zero attached hydrogens (tertiary/aromatic N) is 2. The Balaban J connectivity index is 1.94. The third kappa shape index (κ3) is 7.05. The van der Waals surface area contributed by atoms with Crippen LogP contribution in [0.25, 0.3) is 0 Å². The van der Waals surface area contributed by atoms with Gasteiger partial charge in [0.15, 0.2) is 5.96 Å². The van der Waals surface area contributed by atoms with E-state index in [2.05, 4.69) is 48.5 Å². The number of hydrogen-bond donors (Lipinski definition) is 3. The monoisotopic (exact) mass is 367 g/mol. The van der Waals surface area contributed by atoms with Gasteiger partial charge in [0, 0.05) is 43.8 Å². The van der Waals surface area contributed by atoms with E-state index >= 15 is 0 Å². The third-order valence-corrected chi connectivity index (χ3v) is 5.41. The fourth-order valence-corrected chi connectivity index (χ4v) is 4.01. The van der Waals surface area contributed by atoms with Crippen LogP contribution in [0.15, 0.2) is 4.99 Å². The molecule has 1 saturated carbocycles. The molecule has 0 aromatic heterocycles. The second kappa shape index (κ2) is 10.5. The van der Waals surface area contributed by atoms with E-state index in [4.69, 9.17) is 9.73 Å². The Morgan fingerprint density at radius 2 is 1.73 bits per heavy atom. The Bertz CT molecular complexity index is 420. The van der Waals surface area contributed by atoms with E-state index in [-0.39, 0.29) is 11.1 Å². The largest absolute Gasteiger partial charge is 0.379 e. The number of ether oxygens (including phenoxy) is 1. The van der Waals surface area contributed by atoms with Gasteiger partial charge in [-0.25, -0.2) is 0 Å². The molecule has 2 rings (SSSR count). The van der Waals surface area contributed by atoms with Crippen molar-refractivity contribution in [3.8, 4) is 0 Å². The maximum atomic E-state index is 5.58. The minimum absolute atomic E-state index is 0.152. The Kier molecular flexibility index (Phi) is 8.64. The third-order valence-electron chi connectivity index (χ3n) is 5.41. The van der Waals surface area contributed by atoms with Crippen LogP contribution in [0.5, 0.6) is 0 Å². The fraction of sp³-hybridized carbons (Fsp3) is 0.950. The highest BCUT2D eigenvalue weighted by atomic mass is 16.5. The van der Waals surface area contributed by atoms with Crippen LogP contribution in [-0.2, 0) is 4.74 Å². The molecule has 1 aliphatic carbocycles. The molecule has 0 amide bonds. The molecule has 0 unspecified atom stereocenters. The first kappa shape index (κ1) is 21.5. The van der Waals surface area contributed by atoms with Crippen LogP contribution < -0.4 is 16.0 Å². The van der Waals surface area contributed by atoms with Gasteiger partial charge in [-0.3, -0.25) is 9.89 Å². The molecule has 2 fully saturated rings. The molecule has 6 heteroatoms. The summed E-state index contributed by atoms with van der Waals surface area (Å²) in [4.78, 5) is 7.66. The summed E-state index contributed by atoms with van der Waals surface area (Å²) in [5, 5.41) is 10.4. The molecule has 2 aliphatic rings. The summed E-state index contributed by atoms with van der Waals surface area (Å²) < 4.78 is 5.58. The second-order valence-corrected chi connectivity index (χ2v) is 8.68. The Hall–Kier alpha value is -0.850. The van der Waals surface area contributed by atoms with Gasteiger partial charge in [-0.15, -0.1) is 0 Å². The lowest BCUT2D eigenvalue weighted by molar-refractivity contribution is -0.0333. The first-order valence-electron chi connectivity index (χ1n) is 10.6. The number of hydrogen-bond acceptors (Lipinski definition) is 4. The maximum Gasteiger partial charge on any atom is 0.191 e. The SMILES string of the molecule is CCNC(=NCC1(N2CCOCC2)CCCCC1)NCCNC(C)(C)C. The van der Waals surface area contributed by atoms with E-state index in [1.807, 2.05) is 0 Å². The molecule has 0 radical (unpaired) electrons. The summed E-state index contributed by atoms with van der Waals surface area (Å²) in [6.45, 7) is 16.1. The molecule has 0 bridgehead atoms. The summed E-state index contributed by atoms with van der Waals surface area (Å²) in [6, 6.07) is 0. The fourth-order valence-electron chi connectivity index (χ4n) is 4.01. The Labute approximate surface area is 160 Å². The maximum absolute atomic E-state index is 5.58. The van der Waals surface area contributed by atoms with Crippen molar-refractivity contribution in [2.24, 2.45) is 4.99 Å². The number of rotatable bonds is 7. The molecule has 26 heavy (non-hydrogen) atoms. The lowest BCUT2D eigenvalue weighted by Gasteiger charge is -2.47. The van der Waals surface area contributed by atoms with Crippen molar-refractivity contribution in [3.63, 3.8) is 0 Å². The zero-order valence-electron chi connectivity index (χ0n) is 17.5. The summed E-state index contributed by atoms with van der Waals surface area (Å²) in [5.41, 5.74) is 0.383. The van der Waals surface area contributed by atoms with Crippen LogP contribution in [0, 0.1) is 0 Å². The first-order chi connectivity index (χ1) is 12.5. The van der Waals surface area contributed by atoms with Gasteiger partial charge >= 0.3 is 0 Å². The van der Waals surface area contributed by atoms with Gasteiger partial charge in [0.1, 0.15) is 0 Å². The van der Waals surface area contributed by atoms with Crippen LogP contribution in [0.3, 0.4) is 0 Å². The van der Waals surface area contributed by atoms with E-state index < -0.39 is 0 Å². The van der Waals surface area contributed by atoms with Crippen LogP contribution in [0.2, 0.25) is 0 Å². The minimum atomic E-state index is 0.152. The van der Waals surface area contributed by atoms with E-state index in [9.17, 15) is 0 Å². The van der Waals surface area contributed by atoms with Gasteiger partial charge in [0.2, 0.25) is 0 Å². The van der Waals surface area contributed by atoms with Crippen molar-refractivity contribution in [1.82, 2.24) is 20.9 Å². The molecule has 3 N–H and O–H groups in total. The van der Waals surface area contributed by atoms with Crippen molar-refractivity contribution in [2.45, 2.75) is 70.9 Å². The van der Waals surface area contributed by atoms with Gasteiger partial charge in [-0.2, -0.15) is 0 Å². The molecule has 152 valence electrons. The smallest absolute Gasteiger partial charge is 0.191 e. The van der Waals surface area contributed by atoms with Crippen molar-refractivity contribution >= 4 is 5.96 Å². The molecule has 0 spiro atoms. The first-order valence-corrected chi connectivity index (χ1v) is 10.6. The predicted molar refractivity (Wildman–Crippen MR) is 110 cm³/mol. The molecule has 0 aromatic carbocycles. The van der Waals surface area contributed by atoms with Gasteiger partial charge in [0.05, 0.1) is 19.8 Å². The molecule has 0 atom stereocenters. The van der Waals surface area contributed by atoms with Crippen molar-refractivity contribution in [2.75, 3.05) is 52.5 Å². The zero-order chi connectivity index (χ0) is 18.9. The summed E-state index contributed by atoms with van der Waals surface area (Å²) in [6.07, 6.45) is 6.55. The molecule has 1 heterocycles. The van der Waals surface area contributed by atoms with Crippen LogP contribution in [0.1, 0.15) is 59.8 Å². The second-order valence-electron chi connectivity index (χ2n) is 8.68. The summed E-state index contributed by atoms with van der Waals surface area (Å²) in [7, 11) is 0. The van der Waals surface area contributed by atoms with Crippen LogP contribution in [-0.4, -0.2) is 74.4 Å². The van der Waals surface area contributed by atoms with E-state index in [1.165, 1.54) is 32.1 Å². The lowest BCUT2D eigenvalue weighted by atomic mass is 9.80. The highest BCUT2D eigenvalue weighted by Gasteiger charge is 2.38. The molecule has 0 aromatic rings. The molecule has 1 aliphatic heterocycles. The van der Waals surface area contributed by atoms with Crippen molar-refractivity contribution in [3.05, 3.63) is 0 Å². The lowest BCUT2D eigenvalue weighted by Crippen LogP contribution is -2.56. The quantitative estimate of drug-likeness (QED) is 0.365. The molecular formula is C20H41N5O. The van der Waals surface area contributed by atoms with Crippen molar-refractivity contribution in [1.29, 1.82) is 0 Å². The normalized spacial score (nSPS) is 22.2. The van der Waals surface area contributed by atoms with Gasteiger partial charge in [0.25, 0.3) is 0 Å². The number of guanidine groups is 1.